The zero-order valence-corrected chi connectivity index (χ0v) is 17.1. The molecule has 150 valence electrons. The zero-order valence-electron chi connectivity index (χ0n) is 17.1. The number of benzene rings is 1. The number of carbonyl (C=O) groups excluding carboxylic acids is 2. The first kappa shape index (κ1) is 21.2. The fourth-order valence-corrected chi connectivity index (χ4v) is 3.49. The summed E-state index contributed by atoms with van der Waals surface area (Å²) in [6.07, 6.45) is 0.627. The van der Waals surface area contributed by atoms with Crippen LogP contribution in [0.4, 0.5) is 4.79 Å². The second-order valence-electron chi connectivity index (χ2n) is 6.70. The number of nitrogens with zero attached hydrogens (tertiary/aromatic N) is 3. The van der Waals surface area contributed by atoms with Crippen molar-refractivity contribution in [1.82, 2.24) is 15.1 Å². The monoisotopic (exact) mass is 377 g/mol. The topological polar surface area (TPSA) is 62.3 Å². The fourth-order valence-electron chi connectivity index (χ4n) is 3.49. The van der Waals surface area contributed by atoms with E-state index >= 15 is 0 Å². The summed E-state index contributed by atoms with van der Waals surface area (Å²) in [6, 6.07) is 4.23. The van der Waals surface area contributed by atoms with Gasteiger partial charge in [0.15, 0.2) is 0 Å². The lowest BCUT2D eigenvalue weighted by Gasteiger charge is -2.32. The predicted molar refractivity (Wildman–Crippen MR) is 103 cm³/mol. The van der Waals surface area contributed by atoms with Crippen molar-refractivity contribution in [3.05, 3.63) is 34.4 Å². The standard InChI is InChI=1S/C20H31N3O4/c1-6-17-13-15(3)12-16(4)18(17)14-19(24)22-10-8-21(26-5)9-11-23(22)20(25)27-7-2/h12-13H,6-11,14H2,1-5H3. The molecule has 0 unspecified atom stereocenters. The molecule has 0 spiro atoms. The minimum absolute atomic E-state index is 0.109. The summed E-state index contributed by atoms with van der Waals surface area (Å²) in [5.41, 5.74) is 4.53. The molecule has 0 atom stereocenters. The van der Waals surface area contributed by atoms with E-state index in [4.69, 9.17) is 9.57 Å². The van der Waals surface area contributed by atoms with Crippen LogP contribution < -0.4 is 0 Å². The summed E-state index contributed by atoms with van der Waals surface area (Å²) in [5, 5.41) is 4.66. The third-order valence-electron chi connectivity index (χ3n) is 4.86. The Balaban J connectivity index is 2.26. The van der Waals surface area contributed by atoms with E-state index in [2.05, 4.69) is 26.0 Å². The van der Waals surface area contributed by atoms with Crippen molar-refractivity contribution in [2.75, 3.05) is 39.9 Å². The molecular weight excluding hydrogens is 346 g/mol. The molecule has 27 heavy (non-hydrogen) atoms. The number of rotatable bonds is 5. The highest BCUT2D eigenvalue weighted by atomic mass is 16.7. The minimum Gasteiger partial charge on any atom is -0.448 e. The average Bonchev–Trinajstić information content (AvgIpc) is 2.86. The van der Waals surface area contributed by atoms with Crippen molar-refractivity contribution in [1.29, 1.82) is 0 Å². The summed E-state index contributed by atoms with van der Waals surface area (Å²) in [6.45, 7) is 9.98. The second-order valence-corrected chi connectivity index (χ2v) is 6.70. The van der Waals surface area contributed by atoms with Crippen LogP contribution in [0.1, 0.15) is 36.1 Å². The van der Waals surface area contributed by atoms with Gasteiger partial charge in [-0.15, -0.1) is 0 Å². The lowest BCUT2D eigenvalue weighted by Crippen LogP contribution is -2.51. The number of carbonyl (C=O) groups is 2. The Morgan fingerprint density at radius 3 is 2.30 bits per heavy atom. The number of ether oxygens (including phenoxy) is 1. The highest BCUT2D eigenvalue weighted by Crippen LogP contribution is 2.20. The normalized spacial score (nSPS) is 15.6. The molecule has 0 bridgehead atoms. The van der Waals surface area contributed by atoms with E-state index in [0.717, 1.165) is 17.5 Å². The molecule has 0 N–H and O–H groups in total. The molecule has 1 heterocycles. The summed E-state index contributed by atoms with van der Waals surface area (Å²) in [5.74, 6) is -0.109. The van der Waals surface area contributed by atoms with E-state index in [-0.39, 0.29) is 18.9 Å². The maximum absolute atomic E-state index is 13.2. The Morgan fingerprint density at radius 2 is 1.70 bits per heavy atom. The van der Waals surface area contributed by atoms with Crippen molar-refractivity contribution in [2.45, 2.75) is 40.5 Å². The number of hydroxylamine groups is 2. The Bertz CT molecular complexity index is 677. The van der Waals surface area contributed by atoms with Crippen molar-refractivity contribution < 1.29 is 19.2 Å². The van der Waals surface area contributed by atoms with Crippen LogP contribution in [0.15, 0.2) is 12.1 Å². The van der Waals surface area contributed by atoms with E-state index in [1.54, 1.807) is 19.1 Å². The SMILES string of the molecule is CCOC(=O)N1CCN(OC)CCN1C(=O)Cc1c(C)cc(C)cc1CC. The number of amides is 2. The van der Waals surface area contributed by atoms with Crippen LogP contribution >= 0.6 is 0 Å². The van der Waals surface area contributed by atoms with Gasteiger partial charge < -0.3 is 9.57 Å². The molecule has 2 amide bonds. The van der Waals surface area contributed by atoms with Gasteiger partial charge in [0.05, 0.1) is 33.2 Å². The van der Waals surface area contributed by atoms with Gasteiger partial charge in [-0.3, -0.25) is 4.79 Å². The van der Waals surface area contributed by atoms with E-state index in [1.165, 1.54) is 21.1 Å². The summed E-state index contributed by atoms with van der Waals surface area (Å²) >= 11 is 0. The molecule has 1 saturated heterocycles. The molecule has 0 saturated carbocycles. The second kappa shape index (κ2) is 9.71. The van der Waals surface area contributed by atoms with Crippen molar-refractivity contribution in [3.63, 3.8) is 0 Å². The fraction of sp³-hybridized carbons (Fsp3) is 0.600. The molecule has 7 nitrogen and oxygen atoms in total. The first-order chi connectivity index (χ1) is 12.9. The van der Waals surface area contributed by atoms with E-state index in [9.17, 15) is 9.59 Å². The van der Waals surface area contributed by atoms with Gasteiger partial charge in [-0.2, -0.15) is 5.06 Å². The van der Waals surface area contributed by atoms with E-state index < -0.39 is 6.09 Å². The van der Waals surface area contributed by atoms with Crippen LogP contribution in [0.5, 0.6) is 0 Å². The Morgan fingerprint density at radius 1 is 1.04 bits per heavy atom. The highest BCUT2D eigenvalue weighted by Gasteiger charge is 2.31. The van der Waals surface area contributed by atoms with Crippen LogP contribution in [-0.2, 0) is 27.2 Å². The molecule has 2 rings (SSSR count). The van der Waals surface area contributed by atoms with Gasteiger partial charge in [0, 0.05) is 13.1 Å². The van der Waals surface area contributed by atoms with Crippen LogP contribution in [0.25, 0.3) is 0 Å². The number of aryl methyl sites for hydroxylation is 3. The van der Waals surface area contributed by atoms with Gasteiger partial charge in [-0.25, -0.2) is 14.8 Å². The van der Waals surface area contributed by atoms with E-state index in [1.807, 2.05) is 6.92 Å². The smallest absolute Gasteiger partial charge is 0.428 e. The number of hydrazine groups is 1. The third kappa shape index (κ3) is 5.20. The lowest BCUT2D eigenvalue weighted by atomic mass is 9.94. The van der Waals surface area contributed by atoms with Crippen LogP contribution in [0.2, 0.25) is 0 Å². The van der Waals surface area contributed by atoms with Gasteiger partial charge in [0.1, 0.15) is 0 Å². The van der Waals surface area contributed by atoms with Gasteiger partial charge in [-0.1, -0.05) is 24.6 Å². The summed E-state index contributed by atoms with van der Waals surface area (Å²) in [7, 11) is 1.59. The molecule has 1 fully saturated rings. The quantitative estimate of drug-likeness (QED) is 0.789. The molecular formula is C20H31N3O4. The van der Waals surface area contributed by atoms with Gasteiger partial charge >= 0.3 is 6.09 Å². The Hall–Kier alpha value is -2.12. The van der Waals surface area contributed by atoms with E-state index in [0.29, 0.717) is 26.2 Å². The first-order valence-corrected chi connectivity index (χ1v) is 9.53. The Labute approximate surface area is 161 Å². The average molecular weight is 377 g/mol. The van der Waals surface area contributed by atoms with Gasteiger partial charge in [0.2, 0.25) is 5.91 Å². The predicted octanol–water partition coefficient (Wildman–Crippen LogP) is 2.49. The maximum atomic E-state index is 13.2. The maximum Gasteiger partial charge on any atom is 0.428 e. The summed E-state index contributed by atoms with van der Waals surface area (Å²) in [4.78, 5) is 30.8. The molecule has 0 aliphatic carbocycles. The van der Waals surface area contributed by atoms with Crippen molar-refractivity contribution >= 4 is 12.0 Å². The van der Waals surface area contributed by atoms with Crippen molar-refractivity contribution in [3.8, 4) is 0 Å². The van der Waals surface area contributed by atoms with Crippen LogP contribution in [-0.4, -0.2) is 67.0 Å². The third-order valence-corrected chi connectivity index (χ3v) is 4.86. The zero-order chi connectivity index (χ0) is 20.0. The van der Waals surface area contributed by atoms with Gasteiger partial charge in [-0.05, 0) is 43.9 Å². The van der Waals surface area contributed by atoms with Crippen LogP contribution in [0, 0.1) is 13.8 Å². The first-order valence-electron chi connectivity index (χ1n) is 9.53. The molecule has 1 aliphatic rings. The largest absolute Gasteiger partial charge is 0.448 e. The number of hydrogen-bond acceptors (Lipinski definition) is 5. The molecule has 1 aromatic rings. The van der Waals surface area contributed by atoms with Gasteiger partial charge in [0.25, 0.3) is 0 Å². The molecule has 0 aromatic heterocycles. The minimum atomic E-state index is -0.500. The number of hydrogen-bond donors (Lipinski definition) is 0. The molecule has 7 heteroatoms. The molecule has 1 aromatic carbocycles. The Kier molecular flexibility index (Phi) is 7.62. The highest BCUT2D eigenvalue weighted by molar-refractivity contribution is 5.82. The molecule has 1 aliphatic heterocycles. The van der Waals surface area contributed by atoms with Crippen molar-refractivity contribution in [2.24, 2.45) is 0 Å². The summed E-state index contributed by atoms with van der Waals surface area (Å²) < 4.78 is 5.15. The van der Waals surface area contributed by atoms with Crippen LogP contribution in [0.3, 0.4) is 0 Å². The lowest BCUT2D eigenvalue weighted by molar-refractivity contribution is -0.145. The molecule has 0 radical (unpaired) electrons.